The summed E-state index contributed by atoms with van der Waals surface area (Å²) in [6.45, 7) is 0. The number of para-hydroxylation sites is 1. The van der Waals surface area contributed by atoms with Crippen LogP contribution in [0.25, 0.3) is 22.3 Å². The lowest BCUT2D eigenvalue weighted by molar-refractivity contribution is 0.352. The van der Waals surface area contributed by atoms with Crippen LogP contribution in [0.2, 0.25) is 0 Å². The molecule has 0 aliphatic heterocycles. The predicted octanol–water partition coefficient (Wildman–Crippen LogP) is 3.19. The van der Waals surface area contributed by atoms with E-state index in [0.29, 0.717) is 17.1 Å². The Morgan fingerprint density at radius 1 is 0.917 bits per heavy atom. The number of benzene rings is 2. The molecule has 0 aliphatic rings. The summed E-state index contributed by atoms with van der Waals surface area (Å²) in [7, 11) is 4.44. The van der Waals surface area contributed by atoms with Gasteiger partial charge in [-0.1, -0.05) is 12.1 Å². The third-order valence-electron chi connectivity index (χ3n) is 3.73. The maximum Gasteiger partial charge on any atom is 0.235 e. The standard InChI is InChI=1S/C18H16O6/c1-21-12-7-5-4-6-10(12)16-15(20)14(19)11-8-9-13(22-2)18(23-3)17(11)24-16/h4-9,20H,1-3H3. The maximum atomic E-state index is 12.5. The molecule has 0 amide bonds. The zero-order valence-electron chi connectivity index (χ0n) is 13.5. The Labute approximate surface area is 137 Å². The summed E-state index contributed by atoms with van der Waals surface area (Å²) in [4.78, 5) is 12.5. The lowest BCUT2D eigenvalue weighted by Crippen LogP contribution is -2.04. The van der Waals surface area contributed by atoms with Gasteiger partial charge in [0, 0.05) is 0 Å². The molecular weight excluding hydrogens is 312 g/mol. The summed E-state index contributed by atoms with van der Waals surface area (Å²) < 4.78 is 21.7. The lowest BCUT2D eigenvalue weighted by atomic mass is 10.1. The molecule has 24 heavy (non-hydrogen) atoms. The van der Waals surface area contributed by atoms with Gasteiger partial charge in [0.2, 0.25) is 16.9 Å². The van der Waals surface area contributed by atoms with E-state index in [1.807, 2.05) is 0 Å². The van der Waals surface area contributed by atoms with Gasteiger partial charge in [0.25, 0.3) is 0 Å². The number of hydrogen-bond donors (Lipinski definition) is 1. The fourth-order valence-electron chi connectivity index (χ4n) is 2.57. The van der Waals surface area contributed by atoms with E-state index in [2.05, 4.69) is 0 Å². The number of aromatic hydroxyl groups is 1. The minimum Gasteiger partial charge on any atom is -0.502 e. The molecule has 0 spiro atoms. The Morgan fingerprint density at radius 3 is 2.29 bits per heavy atom. The van der Waals surface area contributed by atoms with Crippen LogP contribution in [-0.4, -0.2) is 26.4 Å². The minimum absolute atomic E-state index is 0.0107. The van der Waals surface area contributed by atoms with Crippen molar-refractivity contribution >= 4 is 11.0 Å². The molecule has 1 N–H and O–H groups in total. The highest BCUT2D eigenvalue weighted by Crippen LogP contribution is 2.40. The van der Waals surface area contributed by atoms with Crippen LogP contribution in [-0.2, 0) is 0 Å². The van der Waals surface area contributed by atoms with Crippen molar-refractivity contribution in [3.8, 4) is 34.3 Å². The summed E-state index contributed by atoms with van der Waals surface area (Å²) in [5.74, 6) is 0.695. The first-order valence-corrected chi connectivity index (χ1v) is 7.16. The summed E-state index contributed by atoms with van der Waals surface area (Å²) in [6.07, 6.45) is 0. The van der Waals surface area contributed by atoms with Crippen molar-refractivity contribution in [3.05, 3.63) is 46.6 Å². The molecule has 6 heteroatoms. The van der Waals surface area contributed by atoms with E-state index < -0.39 is 11.2 Å². The van der Waals surface area contributed by atoms with E-state index in [4.69, 9.17) is 18.6 Å². The van der Waals surface area contributed by atoms with Gasteiger partial charge < -0.3 is 23.7 Å². The van der Waals surface area contributed by atoms with E-state index in [-0.39, 0.29) is 22.5 Å². The zero-order chi connectivity index (χ0) is 17.3. The van der Waals surface area contributed by atoms with Crippen molar-refractivity contribution in [1.82, 2.24) is 0 Å². The van der Waals surface area contributed by atoms with E-state index in [1.54, 1.807) is 30.3 Å². The molecule has 0 fully saturated rings. The normalized spacial score (nSPS) is 10.6. The van der Waals surface area contributed by atoms with Crippen molar-refractivity contribution in [2.45, 2.75) is 0 Å². The molecular formula is C18H16O6. The highest BCUT2D eigenvalue weighted by molar-refractivity contribution is 5.89. The highest BCUT2D eigenvalue weighted by Gasteiger charge is 2.21. The van der Waals surface area contributed by atoms with E-state index in [0.717, 1.165) is 0 Å². The summed E-state index contributed by atoms with van der Waals surface area (Å²) in [6, 6.07) is 10.0. The molecule has 2 aromatic carbocycles. The second kappa shape index (κ2) is 6.16. The monoisotopic (exact) mass is 328 g/mol. The molecule has 0 atom stereocenters. The zero-order valence-corrected chi connectivity index (χ0v) is 13.5. The Morgan fingerprint density at radius 2 is 1.62 bits per heavy atom. The Hall–Kier alpha value is -3.15. The molecule has 0 aliphatic carbocycles. The fourth-order valence-corrected chi connectivity index (χ4v) is 2.57. The van der Waals surface area contributed by atoms with Gasteiger partial charge in [-0.25, -0.2) is 0 Å². The smallest absolute Gasteiger partial charge is 0.235 e. The molecule has 1 aromatic heterocycles. The van der Waals surface area contributed by atoms with Gasteiger partial charge in [-0.3, -0.25) is 4.79 Å². The SMILES string of the molecule is COc1ccccc1-c1oc2c(OC)c(OC)ccc2c(=O)c1O. The van der Waals surface area contributed by atoms with Crippen molar-refractivity contribution in [2.75, 3.05) is 21.3 Å². The fraction of sp³-hybridized carbons (Fsp3) is 0.167. The van der Waals surface area contributed by atoms with Crippen LogP contribution >= 0.6 is 0 Å². The van der Waals surface area contributed by atoms with Gasteiger partial charge in [-0.05, 0) is 24.3 Å². The summed E-state index contributed by atoms with van der Waals surface area (Å²) in [5.41, 5.74) is 0.0973. The second-order valence-corrected chi connectivity index (χ2v) is 4.99. The molecule has 0 unspecified atom stereocenters. The molecule has 0 bridgehead atoms. The van der Waals surface area contributed by atoms with E-state index >= 15 is 0 Å². The van der Waals surface area contributed by atoms with Crippen LogP contribution in [0.5, 0.6) is 23.0 Å². The van der Waals surface area contributed by atoms with Gasteiger partial charge in [-0.2, -0.15) is 0 Å². The third-order valence-corrected chi connectivity index (χ3v) is 3.73. The molecule has 1 heterocycles. The van der Waals surface area contributed by atoms with Gasteiger partial charge in [-0.15, -0.1) is 0 Å². The molecule has 6 nitrogen and oxygen atoms in total. The first-order chi connectivity index (χ1) is 11.6. The number of methoxy groups -OCH3 is 3. The third kappa shape index (κ3) is 2.32. The van der Waals surface area contributed by atoms with Crippen molar-refractivity contribution < 1.29 is 23.7 Å². The number of rotatable bonds is 4. The van der Waals surface area contributed by atoms with Crippen LogP contribution in [0.4, 0.5) is 0 Å². The van der Waals surface area contributed by atoms with Gasteiger partial charge >= 0.3 is 0 Å². The van der Waals surface area contributed by atoms with E-state index in [1.165, 1.54) is 27.4 Å². The van der Waals surface area contributed by atoms with Crippen LogP contribution in [0, 0.1) is 0 Å². The summed E-state index contributed by atoms with van der Waals surface area (Å²) >= 11 is 0. The van der Waals surface area contributed by atoms with Gasteiger partial charge in [0.1, 0.15) is 5.75 Å². The average Bonchev–Trinajstić information content (AvgIpc) is 2.63. The van der Waals surface area contributed by atoms with Crippen LogP contribution in [0.3, 0.4) is 0 Å². The average molecular weight is 328 g/mol. The molecule has 3 rings (SSSR count). The predicted molar refractivity (Wildman–Crippen MR) is 89.2 cm³/mol. The quantitative estimate of drug-likeness (QED) is 0.792. The Bertz CT molecular complexity index is 958. The number of hydrogen-bond acceptors (Lipinski definition) is 6. The minimum atomic E-state index is -0.557. The topological polar surface area (TPSA) is 78.1 Å². The molecule has 0 saturated carbocycles. The van der Waals surface area contributed by atoms with Crippen molar-refractivity contribution in [2.24, 2.45) is 0 Å². The maximum absolute atomic E-state index is 12.5. The first-order valence-electron chi connectivity index (χ1n) is 7.16. The van der Waals surface area contributed by atoms with Crippen LogP contribution < -0.4 is 19.6 Å². The summed E-state index contributed by atoms with van der Waals surface area (Å²) in [5, 5.41) is 10.5. The highest BCUT2D eigenvalue weighted by atomic mass is 16.5. The first kappa shape index (κ1) is 15.7. The van der Waals surface area contributed by atoms with Crippen LogP contribution in [0.15, 0.2) is 45.6 Å². The Balaban J connectivity index is 2.42. The van der Waals surface area contributed by atoms with Gasteiger partial charge in [0.15, 0.2) is 17.1 Å². The molecule has 0 saturated heterocycles. The van der Waals surface area contributed by atoms with E-state index in [9.17, 15) is 9.90 Å². The van der Waals surface area contributed by atoms with Crippen molar-refractivity contribution in [1.29, 1.82) is 0 Å². The Kier molecular flexibility index (Phi) is 4.04. The molecule has 124 valence electrons. The van der Waals surface area contributed by atoms with Crippen molar-refractivity contribution in [3.63, 3.8) is 0 Å². The lowest BCUT2D eigenvalue weighted by Gasteiger charge is -2.13. The van der Waals surface area contributed by atoms with Crippen LogP contribution in [0.1, 0.15) is 0 Å². The molecule has 0 radical (unpaired) electrons. The second-order valence-electron chi connectivity index (χ2n) is 4.99. The largest absolute Gasteiger partial charge is 0.502 e. The number of fused-ring (bicyclic) bond motifs is 1. The number of ether oxygens (including phenoxy) is 3. The van der Waals surface area contributed by atoms with Gasteiger partial charge in [0.05, 0.1) is 32.3 Å². The molecule has 3 aromatic rings.